The molecule has 0 heterocycles. The first-order valence-corrected chi connectivity index (χ1v) is 9.60. The molecule has 2 N–H and O–H groups in total. The van der Waals surface area contributed by atoms with Gasteiger partial charge in [0.15, 0.2) is 9.84 Å². The Kier molecular flexibility index (Phi) is 5.31. The highest BCUT2D eigenvalue weighted by atomic mass is 32.2. The summed E-state index contributed by atoms with van der Waals surface area (Å²) in [4.78, 5) is 1.47. The topological polar surface area (TPSA) is 60.2 Å². The molecular formula is C16H19NO2S2. The van der Waals surface area contributed by atoms with Crippen molar-refractivity contribution in [3.63, 3.8) is 0 Å². The first-order valence-electron chi connectivity index (χ1n) is 6.72. The third kappa shape index (κ3) is 5.10. The van der Waals surface area contributed by atoms with Gasteiger partial charge in [0.25, 0.3) is 0 Å². The largest absolute Gasteiger partial charge is 0.399 e. The fourth-order valence-electron chi connectivity index (χ4n) is 1.93. The fourth-order valence-corrected chi connectivity index (χ4v) is 3.42. The summed E-state index contributed by atoms with van der Waals surface area (Å²) in [5, 5.41) is 0. The van der Waals surface area contributed by atoms with Crippen molar-refractivity contribution < 1.29 is 8.42 Å². The molecule has 0 fully saturated rings. The summed E-state index contributed by atoms with van der Waals surface area (Å²) in [6, 6.07) is 15.0. The molecule has 2 aromatic carbocycles. The van der Waals surface area contributed by atoms with Crippen LogP contribution in [-0.2, 0) is 16.3 Å². The number of hydrogen-bond donors (Lipinski definition) is 1. The number of nitrogen functional groups attached to an aromatic ring is 1. The summed E-state index contributed by atoms with van der Waals surface area (Å²) in [6.07, 6.45) is 3.32. The molecule has 112 valence electrons. The predicted octanol–water partition coefficient (Wildman–Crippen LogP) is 3.40. The van der Waals surface area contributed by atoms with Crippen molar-refractivity contribution in [2.45, 2.75) is 22.6 Å². The molecule has 0 atom stereocenters. The van der Waals surface area contributed by atoms with Crippen LogP contribution in [0.2, 0.25) is 0 Å². The minimum atomic E-state index is -3.10. The molecule has 0 unspecified atom stereocenters. The molecule has 0 saturated carbocycles. The summed E-state index contributed by atoms with van der Waals surface area (Å²) in [6.45, 7) is 0. The van der Waals surface area contributed by atoms with Crippen molar-refractivity contribution in [3.8, 4) is 0 Å². The third-order valence-electron chi connectivity index (χ3n) is 3.11. The van der Waals surface area contributed by atoms with E-state index in [1.165, 1.54) is 11.8 Å². The van der Waals surface area contributed by atoms with Crippen LogP contribution >= 0.6 is 11.8 Å². The van der Waals surface area contributed by atoms with E-state index in [-0.39, 0.29) is 0 Å². The molecule has 0 spiro atoms. The van der Waals surface area contributed by atoms with E-state index in [0.717, 1.165) is 29.2 Å². The van der Waals surface area contributed by atoms with Crippen LogP contribution in [0.3, 0.4) is 0 Å². The van der Waals surface area contributed by atoms with E-state index in [4.69, 9.17) is 5.73 Å². The monoisotopic (exact) mass is 321 g/mol. The van der Waals surface area contributed by atoms with Crippen LogP contribution < -0.4 is 5.73 Å². The normalized spacial score (nSPS) is 11.5. The van der Waals surface area contributed by atoms with Crippen LogP contribution in [-0.4, -0.2) is 20.4 Å². The molecule has 0 aliphatic heterocycles. The lowest BCUT2D eigenvalue weighted by Gasteiger charge is -2.04. The minimum Gasteiger partial charge on any atom is -0.399 e. The Bertz CT molecular complexity index is 677. The predicted molar refractivity (Wildman–Crippen MR) is 89.5 cm³/mol. The number of thioether (sulfide) groups is 1. The number of hydrogen-bond acceptors (Lipinski definition) is 4. The van der Waals surface area contributed by atoms with Gasteiger partial charge in [0.1, 0.15) is 0 Å². The second kappa shape index (κ2) is 7.00. The van der Waals surface area contributed by atoms with Gasteiger partial charge in [0.2, 0.25) is 0 Å². The molecule has 3 nitrogen and oxygen atoms in total. The standard InChI is InChI=1S/C16H19NO2S2/c1-21(18,19)16-10-8-15(9-11-16)20-12-2-3-13-4-6-14(17)7-5-13/h4-11H,2-3,12,17H2,1H3. The number of aryl methyl sites for hydroxylation is 1. The molecule has 2 rings (SSSR count). The lowest BCUT2D eigenvalue weighted by atomic mass is 10.1. The summed E-state index contributed by atoms with van der Waals surface area (Å²) < 4.78 is 22.7. The average molecular weight is 321 g/mol. The Morgan fingerprint density at radius 1 is 1.00 bits per heavy atom. The van der Waals surface area contributed by atoms with Crippen LogP contribution in [0.25, 0.3) is 0 Å². The van der Waals surface area contributed by atoms with Crippen molar-refractivity contribution in [1.29, 1.82) is 0 Å². The van der Waals surface area contributed by atoms with Gasteiger partial charge in [0.05, 0.1) is 4.90 Å². The highest BCUT2D eigenvalue weighted by molar-refractivity contribution is 7.99. The van der Waals surface area contributed by atoms with Gasteiger partial charge < -0.3 is 5.73 Å². The summed E-state index contributed by atoms with van der Waals surface area (Å²) in [5.41, 5.74) is 7.73. The van der Waals surface area contributed by atoms with Gasteiger partial charge in [-0.1, -0.05) is 12.1 Å². The Labute approximate surface area is 130 Å². The van der Waals surface area contributed by atoms with Crippen LogP contribution in [0.4, 0.5) is 5.69 Å². The quantitative estimate of drug-likeness (QED) is 0.503. The van der Waals surface area contributed by atoms with E-state index in [2.05, 4.69) is 12.1 Å². The zero-order valence-electron chi connectivity index (χ0n) is 12.0. The van der Waals surface area contributed by atoms with E-state index < -0.39 is 9.84 Å². The van der Waals surface area contributed by atoms with Gasteiger partial charge in [-0.15, -0.1) is 11.8 Å². The SMILES string of the molecule is CS(=O)(=O)c1ccc(SCCCc2ccc(N)cc2)cc1. The number of benzene rings is 2. The van der Waals surface area contributed by atoms with E-state index in [0.29, 0.717) is 4.90 Å². The molecule has 0 saturated heterocycles. The Morgan fingerprint density at radius 3 is 2.19 bits per heavy atom. The highest BCUT2D eigenvalue weighted by Gasteiger charge is 2.06. The molecule has 0 bridgehead atoms. The lowest BCUT2D eigenvalue weighted by Crippen LogP contribution is -1.96. The van der Waals surface area contributed by atoms with Gasteiger partial charge in [-0.05, 0) is 60.6 Å². The van der Waals surface area contributed by atoms with Crippen molar-refractivity contribution in [2.75, 3.05) is 17.7 Å². The van der Waals surface area contributed by atoms with Crippen LogP contribution in [0, 0.1) is 0 Å². The van der Waals surface area contributed by atoms with Crippen molar-refractivity contribution in [1.82, 2.24) is 0 Å². The van der Waals surface area contributed by atoms with Crippen LogP contribution in [0.5, 0.6) is 0 Å². The zero-order chi connectivity index (χ0) is 15.3. The summed E-state index contributed by atoms with van der Waals surface area (Å²) in [7, 11) is -3.10. The number of sulfone groups is 1. The smallest absolute Gasteiger partial charge is 0.175 e. The molecule has 5 heteroatoms. The average Bonchev–Trinajstić information content (AvgIpc) is 2.45. The summed E-state index contributed by atoms with van der Waals surface area (Å²) >= 11 is 1.74. The fraction of sp³-hybridized carbons (Fsp3) is 0.250. The molecule has 0 radical (unpaired) electrons. The van der Waals surface area contributed by atoms with Crippen molar-refractivity contribution in [2.24, 2.45) is 0 Å². The summed E-state index contributed by atoms with van der Waals surface area (Å²) in [5.74, 6) is 1.00. The van der Waals surface area contributed by atoms with Gasteiger partial charge in [-0.25, -0.2) is 8.42 Å². The number of anilines is 1. The van der Waals surface area contributed by atoms with Crippen LogP contribution in [0.15, 0.2) is 58.3 Å². The van der Waals surface area contributed by atoms with Crippen molar-refractivity contribution >= 4 is 27.3 Å². The van der Waals surface area contributed by atoms with Gasteiger partial charge >= 0.3 is 0 Å². The zero-order valence-corrected chi connectivity index (χ0v) is 13.6. The Balaban J connectivity index is 1.80. The molecule has 0 aliphatic carbocycles. The maximum Gasteiger partial charge on any atom is 0.175 e. The third-order valence-corrected chi connectivity index (χ3v) is 5.34. The molecular weight excluding hydrogens is 302 g/mol. The first-order chi connectivity index (χ1) is 9.95. The van der Waals surface area contributed by atoms with Gasteiger partial charge in [-0.3, -0.25) is 0 Å². The first kappa shape index (κ1) is 15.9. The molecule has 21 heavy (non-hydrogen) atoms. The Morgan fingerprint density at radius 2 is 1.62 bits per heavy atom. The molecule has 0 amide bonds. The van der Waals surface area contributed by atoms with Crippen molar-refractivity contribution in [3.05, 3.63) is 54.1 Å². The van der Waals surface area contributed by atoms with E-state index >= 15 is 0 Å². The molecule has 0 aliphatic rings. The number of rotatable bonds is 6. The van der Waals surface area contributed by atoms with Gasteiger partial charge in [-0.2, -0.15) is 0 Å². The van der Waals surface area contributed by atoms with Gasteiger partial charge in [0, 0.05) is 16.8 Å². The second-order valence-electron chi connectivity index (χ2n) is 4.94. The molecule has 0 aromatic heterocycles. The maximum absolute atomic E-state index is 11.4. The lowest BCUT2D eigenvalue weighted by molar-refractivity contribution is 0.602. The molecule has 2 aromatic rings. The van der Waals surface area contributed by atoms with E-state index in [1.807, 2.05) is 24.3 Å². The van der Waals surface area contributed by atoms with E-state index in [9.17, 15) is 8.42 Å². The number of nitrogens with two attached hydrogens (primary N) is 1. The minimum absolute atomic E-state index is 0.369. The maximum atomic E-state index is 11.4. The highest BCUT2D eigenvalue weighted by Crippen LogP contribution is 2.21. The second-order valence-corrected chi connectivity index (χ2v) is 8.12. The van der Waals surface area contributed by atoms with E-state index in [1.54, 1.807) is 23.9 Å². The van der Waals surface area contributed by atoms with Crippen LogP contribution in [0.1, 0.15) is 12.0 Å². The Hall–Kier alpha value is -1.46.